The van der Waals surface area contributed by atoms with Crippen LogP contribution in [0.15, 0.2) is 35.2 Å². The van der Waals surface area contributed by atoms with Crippen LogP contribution in [0.5, 0.6) is 0 Å². The standard InChI is InChI=1S/C17H26NS/c1(7-13-18-14-8-4-9-15-18)2-10-16-19-17-11-5-3-6-12-17/h3-6,11-12H,1-2,7-10,13-16H2. The number of likely N-dealkylation sites (tertiary alicyclic amines) is 1. The summed E-state index contributed by atoms with van der Waals surface area (Å²) >= 11 is 1.99. The van der Waals surface area contributed by atoms with E-state index in [4.69, 9.17) is 0 Å². The molecule has 1 saturated heterocycles. The molecule has 1 nitrogen and oxygen atoms in total. The highest BCUT2D eigenvalue weighted by atomic mass is 32.2. The first-order valence-electron chi connectivity index (χ1n) is 7.67. The van der Waals surface area contributed by atoms with Crippen molar-refractivity contribution in [3.8, 4) is 0 Å². The Balaban J connectivity index is 1.42. The number of rotatable bonds is 8. The Morgan fingerprint density at radius 2 is 1.63 bits per heavy atom. The van der Waals surface area contributed by atoms with Crippen molar-refractivity contribution in [3.05, 3.63) is 36.8 Å². The molecule has 0 aromatic heterocycles. The van der Waals surface area contributed by atoms with Crippen LogP contribution in [0.3, 0.4) is 0 Å². The highest BCUT2D eigenvalue weighted by Crippen LogP contribution is 2.19. The second kappa shape index (κ2) is 9.44. The Kier molecular flexibility index (Phi) is 7.41. The van der Waals surface area contributed by atoms with Crippen molar-refractivity contribution in [2.45, 2.75) is 43.4 Å². The smallest absolute Gasteiger partial charge is 0.00719 e. The van der Waals surface area contributed by atoms with Crippen molar-refractivity contribution < 1.29 is 0 Å². The molecule has 0 spiro atoms. The average molecular weight is 276 g/mol. The molecule has 0 N–H and O–H groups in total. The third-order valence-electron chi connectivity index (χ3n) is 3.68. The van der Waals surface area contributed by atoms with Crippen molar-refractivity contribution in [3.63, 3.8) is 0 Å². The minimum Gasteiger partial charge on any atom is -0.303 e. The number of unbranched alkanes of at least 4 members (excludes halogenated alkanes) is 3. The van der Waals surface area contributed by atoms with E-state index in [0.29, 0.717) is 0 Å². The minimum absolute atomic E-state index is 1.27. The zero-order chi connectivity index (χ0) is 13.2. The molecule has 19 heavy (non-hydrogen) atoms. The molecule has 0 amide bonds. The van der Waals surface area contributed by atoms with E-state index in [9.17, 15) is 0 Å². The number of piperidine rings is 1. The molecule has 105 valence electrons. The van der Waals surface area contributed by atoms with Gasteiger partial charge in [0.25, 0.3) is 0 Å². The van der Waals surface area contributed by atoms with E-state index in [0.717, 1.165) is 0 Å². The second-order valence-electron chi connectivity index (χ2n) is 5.28. The number of hydrogen-bond acceptors (Lipinski definition) is 2. The van der Waals surface area contributed by atoms with Crippen LogP contribution in [0.4, 0.5) is 0 Å². The third-order valence-corrected chi connectivity index (χ3v) is 4.78. The van der Waals surface area contributed by atoms with Gasteiger partial charge in [-0.3, -0.25) is 0 Å². The fourth-order valence-corrected chi connectivity index (χ4v) is 3.46. The zero-order valence-electron chi connectivity index (χ0n) is 11.9. The molecule has 0 atom stereocenters. The zero-order valence-corrected chi connectivity index (χ0v) is 12.7. The number of thioether (sulfide) groups is 1. The molecule has 1 aromatic carbocycles. The van der Waals surface area contributed by atoms with E-state index in [-0.39, 0.29) is 0 Å². The van der Waals surface area contributed by atoms with Gasteiger partial charge >= 0.3 is 0 Å². The van der Waals surface area contributed by atoms with Crippen LogP contribution in [0.25, 0.3) is 0 Å². The Morgan fingerprint density at radius 3 is 2.42 bits per heavy atom. The number of benzene rings is 1. The van der Waals surface area contributed by atoms with Gasteiger partial charge in [0, 0.05) is 4.90 Å². The summed E-state index contributed by atoms with van der Waals surface area (Å²) in [4.78, 5) is 4.03. The number of nitrogens with zero attached hydrogens (tertiary/aromatic N) is 1. The fourth-order valence-electron chi connectivity index (χ4n) is 2.53. The topological polar surface area (TPSA) is 3.24 Å². The third kappa shape index (κ3) is 6.49. The summed E-state index contributed by atoms with van der Waals surface area (Å²) in [5, 5.41) is 0. The van der Waals surface area contributed by atoms with Gasteiger partial charge in [0.2, 0.25) is 0 Å². The predicted octanol–water partition coefficient (Wildman–Crippen LogP) is 4.64. The van der Waals surface area contributed by atoms with Crippen LogP contribution < -0.4 is 0 Å². The lowest BCUT2D eigenvalue weighted by Gasteiger charge is -2.26. The lowest BCUT2D eigenvalue weighted by atomic mass is 10.1. The minimum atomic E-state index is 1.27. The van der Waals surface area contributed by atoms with Gasteiger partial charge in [0.1, 0.15) is 0 Å². The summed E-state index contributed by atoms with van der Waals surface area (Å²) in [5.41, 5.74) is 0. The highest BCUT2D eigenvalue weighted by molar-refractivity contribution is 7.99. The largest absolute Gasteiger partial charge is 0.303 e. The number of hydrogen-bond donors (Lipinski definition) is 0. The van der Waals surface area contributed by atoms with Crippen molar-refractivity contribution in [2.75, 3.05) is 25.4 Å². The Bertz CT molecular complexity index is 319. The lowest BCUT2D eigenvalue weighted by molar-refractivity contribution is 0.248. The van der Waals surface area contributed by atoms with E-state index in [1.54, 1.807) is 0 Å². The van der Waals surface area contributed by atoms with Gasteiger partial charge < -0.3 is 4.90 Å². The fraction of sp³-hybridized carbons (Fsp3) is 0.588. The maximum Gasteiger partial charge on any atom is 0.00719 e. The molecule has 1 fully saturated rings. The van der Waals surface area contributed by atoms with Crippen molar-refractivity contribution in [2.24, 2.45) is 0 Å². The molecule has 1 radical (unpaired) electrons. The summed E-state index contributed by atoms with van der Waals surface area (Å²) in [6.07, 6.45) is 10.6. The van der Waals surface area contributed by atoms with Crippen molar-refractivity contribution in [1.29, 1.82) is 0 Å². The monoisotopic (exact) mass is 276 g/mol. The molecule has 1 aliphatic heterocycles. The van der Waals surface area contributed by atoms with E-state index in [1.165, 1.54) is 68.8 Å². The lowest BCUT2D eigenvalue weighted by Crippen LogP contribution is -2.30. The van der Waals surface area contributed by atoms with Crippen LogP contribution in [-0.2, 0) is 0 Å². The van der Waals surface area contributed by atoms with Crippen molar-refractivity contribution >= 4 is 11.8 Å². The van der Waals surface area contributed by atoms with Crippen molar-refractivity contribution in [1.82, 2.24) is 4.90 Å². The summed E-state index contributed by atoms with van der Waals surface area (Å²) in [6.45, 7) is 3.91. The quantitative estimate of drug-likeness (QED) is 0.503. The Labute approximate surface area is 122 Å². The second-order valence-corrected chi connectivity index (χ2v) is 6.45. The molecule has 2 rings (SSSR count). The van der Waals surface area contributed by atoms with E-state index in [2.05, 4.69) is 41.7 Å². The van der Waals surface area contributed by atoms with Crippen LogP contribution in [-0.4, -0.2) is 30.3 Å². The van der Waals surface area contributed by atoms with Crippen LogP contribution in [0.2, 0.25) is 0 Å². The predicted molar refractivity (Wildman–Crippen MR) is 85.6 cm³/mol. The molecular formula is C17H26NS. The molecule has 2 heteroatoms. The molecule has 1 aromatic rings. The highest BCUT2D eigenvalue weighted by Gasteiger charge is 2.08. The molecule has 1 aliphatic rings. The Hall–Kier alpha value is -0.470. The molecular weight excluding hydrogens is 250 g/mol. The molecule has 0 aliphatic carbocycles. The average Bonchev–Trinajstić information content (AvgIpc) is 2.48. The molecule has 0 bridgehead atoms. The normalized spacial score (nSPS) is 16.6. The van der Waals surface area contributed by atoms with Gasteiger partial charge in [-0.15, -0.1) is 11.8 Å². The first-order valence-corrected chi connectivity index (χ1v) is 8.65. The summed E-state index contributed by atoms with van der Waals surface area (Å²) in [6, 6.07) is 10.7. The van der Waals surface area contributed by atoms with Gasteiger partial charge in [-0.25, -0.2) is 0 Å². The van der Waals surface area contributed by atoms with Gasteiger partial charge in [-0.2, -0.15) is 0 Å². The molecule has 0 unspecified atom stereocenters. The van der Waals surface area contributed by atoms with Crippen LogP contribution in [0.1, 0.15) is 38.5 Å². The summed E-state index contributed by atoms with van der Waals surface area (Å²) in [7, 11) is 0. The summed E-state index contributed by atoms with van der Waals surface area (Å²) < 4.78 is 0. The van der Waals surface area contributed by atoms with E-state index >= 15 is 0 Å². The van der Waals surface area contributed by atoms with Crippen LogP contribution >= 0.6 is 11.8 Å². The Morgan fingerprint density at radius 1 is 0.895 bits per heavy atom. The molecule has 0 saturated carbocycles. The SMILES string of the molecule is [CH]1CCN(CCCCCCSc2ccccc2)CC1. The first-order chi connectivity index (χ1) is 9.45. The van der Waals surface area contributed by atoms with E-state index < -0.39 is 0 Å². The first kappa shape index (κ1) is 14.9. The van der Waals surface area contributed by atoms with Gasteiger partial charge in [0.05, 0.1) is 0 Å². The van der Waals surface area contributed by atoms with Gasteiger partial charge in [-0.1, -0.05) is 31.0 Å². The maximum absolute atomic E-state index is 2.62. The van der Waals surface area contributed by atoms with Gasteiger partial charge in [0.15, 0.2) is 0 Å². The van der Waals surface area contributed by atoms with E-state index in [1.807, 2.05) is 11.8 Å². The summed E-state index contributed by atoms with van der Waals surface area (Å²) in [5.74, 6) is 1.27. The van der Waals surface area contributed by atoms with Gasteiger partial charge in [-0.05, 0) is 69.6 Å². The maximum atomic E-state index is 2.62. The molecule has 1 heterocycles. The van der Waals surface area contributed by atoms with Crippen LogP contribution in [0, 0.1) is 6.42 Å².